The molecule has 0 amide bonds. The molecule has 11 heavy (non-hydrogen) atoms. The second-order valence-corrected chi connectivity index (χ2v) is 4.32. The molecule has 2 saturated heterocycles. The van der Waals surface area contributed by atoms with E-state index in [0.717, 1.165) is 18.9 Å². The number of hydrogen-bond acceptors (Lipinski definition) is 2. The Hall–Kier alpha value is -0.0800. The average Bonchev–Trinajstić information content (AvgIpc) is 2.36. The summed E-state index contributed by atoms with van der Waals surface area (Å²) < 4.78 is 11.3. The Kier molecular flexibility index (Phi) is 1.06. The first-order valence-electron chi connectivity index (χ1n) is 4.57. The molecule has 2 heteroatoms. The van der Waals surface area contributed by atoms with Crippen molar-refractivity contribution in [2.24, 2.45) is 5.92 Å². The van der Waals surface area contributed by atoms with Gasteiger partial charge in [0, 0.05) is 13.0 Å². The molecule has 3 rings (SSSR count). The van der Waals surface area contributed by atoms with Crippen LogP contribution in [0.3, 0.4) is 0 Å². The SMILES string of the molecule is CC12CC3OCCC3CC1O2. The highest BCUT2D eigenvalue weighted by atomic mass is 16.6. The number of rotatable bonds is 0. The normalized spacial score (nSPS) is 60.3. The molecule has 3 aliphatic rings. The smallest absolute Gasteiger partial charge is 0.0945 e. The quantitative estimate of drug-likeness (QED) is 0.491. The molecule has 0 radical (unpaired) electrons. The van der Waals surface area contributed by atoms with E-state index in [2.05, 4.69) is 6.92 Å². The lowest BCUT2D eigenvalue weighted by atomic mass is 9.81. The summed E-state index contributed by atoms with van der Waals surface area (Å²) in [5.41, 5.74) is 0.214. The second kappa shape index (κ2) is 1.80. The standard InChI is InChI=1S/C9H14O2/c1-9-5-7-6(2-3-10-7)4-8(9)11-9/h6-8H,2-5H2,1H3. The predicted molar refractivity (Wildman–Crippen MR) is 40.4 cm³/mol. The molecule has 0 aromatic heterocycles. The van der Waals surface area contributed by atoms with E-state index in [1.54, 1.807) is 0 Å². The molecule has 2 nitrogen and oxygen atoms in total. The van der Waals surface area contributed by atoms with Crippen LogP contribution in [-0.2, 0) is 9.47 Å². The fourth-order valence-electron chi connectivity index (χ4n) is 2.63. The highest BCUT2D eigenvalue weighted by Gasteiger charge is 2.59. The summed E-state index contributed by atoms with van der Waals surface area (Å²) >= 11 is 0. The first kappa shape index (κ1) is 6.44. The Balaban J connectivity index is 1.81. The van der Waals surface area contributed by atoms with Gasteiger partial charge in [-0.05, 0) is 25.7 Å². The van der Waals surface area contributed by atoms with E-state index in [1.807, 2.05) is 0 Å². The highest BCUT2D eigenvalue weighted by Crippen LogP contribution is 2.52. The van der Waals surface area contributed by atoms with Crippen molar-refractivity contribution >= 4 is 0 Å². The van der Waals surface area contributed by atoms with E-state index in [1.165, 1.54) is 12.8 Å². The molecule has 2 heterocycles. The molecular weight excluding hydrogens is 140 g/mol. The van der Waals surface area contributed by atoms with Crippen molar-refractivity contribution in [3.8, 4) is 0 Å². The summed E-state index contributed by atoms with van der Waals surface area (Å²) in [4.78, 5) is 0. The lowest BCUT2D eigenvalue weighted by Crippen LogP contribution is -2.31. The number of hydrogen-bond donors (Lipinski definition) is 0. The zero-order valence-electron chi connectivity index (χ0n) is 6.88. The van der Waals surface area contributed by atoms with Crippen molar-refractivity contribution in [1.82, 2.24) is 0 Å². The van der Waals surface area contributed by atoms with Crippen LogP contribution in [0.25, 0.3) is 0 Å². The minimum Gasteiger partial charge on any atom is -0.378 e. The van der Waals surface area contributed by atoms with Gasteiger partial charge in [-0.2, -0.15) is 0 Å². The summed E-state index contributed by atoms with van der Waals surface area (Å²) in [6, 6.07) is 0. The molecule has 0 aromatic carbocycles. The fraction of sp³-hybridized carbons (Fsp3) is 1.00. The fourth-order valence-corrected chi connectivity index (χ4v) is 2.63. The van der Waals surface area contributed by atoms with Gasteiger partial charge in [-0.15, -0.1) is 0 Å². The Bertz CT molecular complexity index is 192. The van der Waals surface area contributed by atoms with Crippen LogP contribution in [-0.4, -0.2) is 24.4 Å². The zero-order chi connectivity index (χ0) is 7.47. The van der Waals surface area contributed by atoms with Crippen molar-refractivity contribution < 1.29 is 9.47 Å². The van der Waals surface area contributed by atoms with Crippen molar-refractivity contribution in [3.63, 3.8) is 0 Å². The average molecular weight is 154 g/mol. The molecule has 2 aliphatic heterocycles. The number of ether oxygens (including phenoxy) is 2. The van der Waals surface area contributed by atoms with Crippen molar-refractivity contribution in [3.05, 3.63) is 0 Å². The van der Waals surface area contributed by atoms with Gasteiger partial charge >= 0.3 is 0 Å². The predicted octanol–water partition coefficient (Wildman–Crippen LogP) is 1.34. The van der Waals surface area contributed by atoms with E-state index in [0.29, 0.717) is 12.2 Å². The van der Waals surface area contributed by atoms with E-state index >= 15 is 0 Å². The third-order valence-corrected chi connectivity index (χ3v) is 3.51. The number of epoxide rings is 1. The maximum Gasteiger partial charge on any atom is 0.0945 e. The summed E-state index contributed by atoms with van der Waals surface area (Å²) in [5.74, 6) is 0.815. The molecule has 4 atom stereocenters. The van der Waals surface area contributed by atoms with E-state index in [4.69, 9.17) is 9.47 Å². The van der Waals surface area contributed by atoms with Crippen LogP contribution in [0.1, 0.15) is 26.2 Å². The van der Waals surface area contributed by atoms with Crippen LogP contribution >= 0.6 is 0 Å². The van der Waals surface area contributed by atoms with Crippen LogP contribution in [0, 0.1) is 5.92 Å². The topological polar surface area (TPSA) is 21.8 Å². The minimum atomic E-state index is 0.214. The van der Waals surface area contributed by atoms with Crippen LogP contribution in [0.4, 0.5) is 0 Å². The van der Waals surface area contributed by atoms with Crippen LogP contribution in [0.2, 0.25) is 0 Å². The van der Waals surface area contributed by atoms with E-state index < -0.39 is 0 Å². The third kappa shape index (κ3) is 0.798. The van der Waals surface area contributed by atoms with Crippen LogP contribution in [0.5, 0.6) is 0 Å². The van der Waals surface area contributed by atoms with Gasteiger partial charge in [0.2, 0.25) is 0 Å². The molecule has 0 bridgehead atoms. The second-order valence-electron chi connectivity index (χ2n) is 4.32. The van der Waals surface area contributed by atoms with Gasteiger partial charge < -0.3 is 9.47 Å². The summed E-state index contributed by atoms with van der Waals surface area (Å²) in [6.07, 6.45) is 4.76. The van der Waals surface area contributed by atoms with Crippen molar-refractivity contribution in [1.29, 1.82) is 0 Å². The highest BCUT2D eigenvalue weighted by molar-refractivity contribution is 5.07. The minimum absolute atomic E-state index is 0.214. The molecule has 0 N–H and O–H groups in total. The van der Waals surface area contributed by atoms with E-state index in [-0.39, 0.29) is 5.60 Å². The molecule has 0 spiro atoms. The van der Waals surface area contributed by atoms with Crippen LogP contribution < -0.4 is 0 Å². The Morgan fingerprint density at radius 1 is 1.45 bits per heavy atom. The van der Waals surface area contributed by atoms with Gasteiger partial charge in [-0.1, -0.05) is 0 Å². The van der Waals surface area contributed by atoms with Gasteiger partial charge in [0.1, 0.15) is 0 Å². The van der Waals surface area contributed by atoms with Gasteiger partial charge in [-0.25, -0.2) is 0 Å². The molecular formula is C9H14O2. The summed E-state index contributed by atoms with van der Waals surface area (Å²) in [5, 5.41) is 0. The maximum absolute atomic E-state index is 5.64. The molecule has 1 aliphatic carbocycles. The Morgan fingerprint density at radius 3 is 3.27 bits per heavy atom. The van der Waals surface area contributed by atoms with E-state index in [9.17, 15) is 0 Å². The molecule has 0 aromatic rings. The van der Waals surface area contributed by atoms with Crippen molar-refractivity contribution in [2.75, 3.05) is 6.61 Å². The van der Waals surface area contributed by atoms with Crippen LogP contribution in [0.15, 0.2) is 0 Å². The summed E-state index contributed by atoms with van der Waals surface area (Å²) in [6.45, 7) is 3.20. The number of fused-ring (bicyclic) bond motifs is 2. The maximum atomic E-state index is 5.64. The van der Waals surface area contributed by atoms with Gasteiger partial charge in [-0.3, -0.25) is 0 Å². The molecule has 4 unspecified atom stereocenters. The monoisotopic (exact) mass is 154 g/mol. The van der Waals surface area contributed by atoms with Crippen molar-refractivity contribution in [2.45, 2.75) is 44.0 Å². The van der Waals surface area contributed by atoms with Gasteiger partial charge in [0.25, 0.3) is 0 Å². The lowest BCUT2D eigenvalue weighted by Gasteiger charge is -2.24. The molecule has 3 fully saturated rings. The lowest BCUT2D eigenvalue weighted by molar-refractivity contribution is 0.0591. The van der Waals surface area contributed by atoms with Gasteiger partial charge in [0.05, 0.1) is 17.8 Å². The van der Waals surface area contributed by atoms with Gasteiger partial charge in [0.15, 0.2) is 0 Å². The largest absolute Gasteiger partial charge is 0.378 e. The Labute approximate surface area is 66.9 Å². The zero-order valence-corrected chi connectivity index (χ0v) is 6.88. The molecule has 62 valence electrons. The first-order valence-corrected chi connectivity index (χ1v) is 4.57. The molecule has 1 saturated carbocycles. The Morgan fingerprint density at radius 2 is 2.36 bits per heavy atom. The first-order chi connectivity index (χ1) is 5.28. The summed E-state index contributed by atoms with van der Waals surface area (Å²) in [7, 11) is 0. The third-order valence-electron chi connectivity index (χ3n) is 3.51.